The van der Waals surface area contributed by atoms with Crippen molar-refractivity contribution in [2.75, 3.05) is 12.4 Å². The van der Waals surface area contributed by atoms with Crippen molar-refractivity contribution in [1.29, 1.82) is 0 Å². The van der Waals surface area contributed by atoms with Crippen LogP contribution in [0.25, 0.3) is 0 Å². The number of ether oxygens (including phenoxy) is 1. The third kappa shape index (κ3) is 4.51. The van der Waals surface area contributed by atoms with Crippen LogP contribution in [0.15, 0.2) is 78.9 Å². The maximum Gasteiger partial charge on any atom is 0.165 e. The van der Waals surface area contributed by atoms with Crippen molar-refractivity contribution in [2.45, 2.75) is 19.4 Å². The van der Waals surface area contributed by atoms with Gasteiger partial charge < -0.3 is 10.1 Å². The topological polar surface area (TPSA) is 38.3 Å². The van der Waals surface area contributed by atoms with E-state index in [2.05, 4.69) is 24.4 Å². The molecule has 0 fully saturated rings. The Bertz CT molecular complexity index is 840. The highest BCUT2D eigenvalue weighted by Gasteiger charge is 2.17. The zero-order valence-corrected chi connectivity index (χ0v) is 15.1. The second kappa shape index (κ2) is 8.34. The van der Waals surface area contributed by atoms with Crippen LogP contribution in [0.3, 0.4) is 0 Å². The number of hydrogen-bond acceptors (Lipinski definition) is 3. The normalized spacial score (nSPS) is 11.6. The predicted octanol–water partition coefficient (Wildman–Crippen LogP) is 5.43. The summed E-state index contributed by atoms with van der Waals surface area (Å²) in [7, 11) is 1.65. The van der Waals surface area contributed by atoms with Crippen LogP contribution in [0.1, 0.15) is 33.9 Å². The van der Waals surface area contributed by atoms with Crippen molar-refractivity contribution in [3.05, 3.63) is 95.6 Å². The number of carbonyl (C=O) groups is 1. The minimum Gasteiger partial charge on any atom is -0.497 e. The summed E-state index contributed by atoms with van der Waals surface area (Å²) in [6.07, 6.45) is 0.379. The lowest BCUT2D eigenvalue weighted by Gasteiger charge is -2.20. The third-order valence-corrected chi connectivity index (χ3v) is 4.40. The van der Waals surface area contributed by atoms with E-state index in [-0.39, 0.29) is 11.8 Å². The first-order chi connectivity index (χ1) is 12.7. The lowest BCUT2D eigenvalue weighted by molar-refractivity contribution is 0.0976. The number of hydrogen-bond donors (Lipinski definition) is 1. The van der Waals surface area contributed by atoms with Gasteiger partial charge in [-0.2, -0.15) is 0 Å². The molecule has 0 aliphatic rings. The van der Waals surface area contributed by atoms with Gasteiger partial charge in [0.25, 0.3) is 0 Å². The first kappa shape index (κ1) is 17.7. The number of carbonyl (C=O) groups excluding carboxylic acids is 1. The number of Topliss-reactive ketones (excluding diaryl/α,β-unsaturated/α-hetero) is 1. The van der Waals surface area contributed by atoms with Gasteiger partial charge in [0.15, 0.2) is 5.78 Å². The van der Waals surface area contributed by atoms with Gasteiger partial charge in [-0.05, 0) is 36.8 Å². The number of aryl methyl sites for hydroxylation is 1. The van der Waals surface area contributed by atoms with E-state index in [4.69, 9.17) is 4.74 Å². The van der Waals surface area contributed by atoms with Gasteiger partial charge >= 0.3 is 0 Å². The molecule has 1 atom stereocenters. The molecule has 26 heavy (non-hydrogen) atoms. The van der Waals surface area contributed by atoms with Gasteiger partial charge in [0.05, 0.1) is 13.2 Å². The summed E-state index contributed by atoms with van der Waals surface area (Å²) >= 11 is 0. The van der Waals surface area contributed by atoms with Crippen LogP contribution in [0.2, 0.25) is 0 Å². The van der Waals surface area contributed by atoms with Gasteiger partial charge in [-0.25, -0.2) is 0 Å². The summed E-state index contributed by atoms with van der Waals surface area (Å²) < 4.78 is 5.24. The molecular formula is C23H23NO2. The maximum atomic E-state index is 12.7. The average molecular weight is 345 g/mol. The smallest absolute Gasteiger partial charge is 0.165 e. The fourth-order valence-corrected chi connectivity index (χ4v) is 2.87. The molecule has 3 rings (SSSR count). The summed E-state index contributed by atoms with van der Waals surface area (Å²) in [5, 5.41) is 3.50. The minimum absolute atomic E-state index is 0.115. The zero-order valence-electron chi connectivity index (χ0n) is 15.1. The maximum absolute atomic E-state index is 12.7. The van der Waals surface area contributed by atoms with E-state index in [9.17, 15) is 4.79 Å². The molecule has 0 aliphatic carbocycles. The SMILES string of the molecule is COc1ccc(C(CC(=O)c2ccccc2)Nc2ccc(C)cc2)cc1. The Labute approximate surface area is 154 Å². The molecule has 1 unspecified atom stereocenters. The molecule has 0 radical (unpaired) electrons. The van der Waals surface area contributed by atoms with Crippen LogP contribution >= 0.6 is 0 Å². The molecule has 3 aromatic carbocycles. The lowest BCUT2D eigenvalue weighted by Crippen LogP contribution is -2.16. The highest BCUT2D eigenvalue weighted by molar-refractivity contribution is 5.96. The monoisotopic (exact) mass is 345 g/mol. The Morgan fingerprint density at radius 2 is 1.58 bits per heavy atom. The highest BCUT2D eigenvalue weighted by atomic mass is 16.5. The first-order valence-corrected chi connectivity index (χ1v) is 8.71. The molecule has 132 valence electrons. The third-order valence-electron chi connectivity index (χ3n) is 4.40. The average Bonchev–Trinajstić information content (AvgIpc) is 2.70. The number of ketones is 1. The summed E-state index contributed by atoms with van der Waals surface area (Å²) in [6, 6.07) is 25.4. The molecule has 0 saturated carbocycles. The molecule has 0 saturated heterocycles. The van der Waals surface area contributed by atoms with Gasteiger partial charge in [0, 0.05) is 17.7 Å². The fourth-order valence-electron chi connectivity index (χ4n) is 2.87. The Hall–Kier alpha value is -3.07. The second-order valence-electron chi connectivity index (χ2n) is 6.33. The summed E-state index contributed by atoms with van der Waals surface area (Å²) in [5.74, 6) is 0.920. The van der Waals surface area contributed by atoms with Crippen LogP contribution in [-0.2, 0) is 0 Å². The van der Waals surface area contributed by atoms with Crippen molar-refractivity contribution in [3.8, 4) is 5.75 Å². The van der Waals surface area contributed by atoms with Crippen LogP contribution < -0.4 is 10.1 Å². The molecule has 3 aromatic rings. The van der Waals surface area contributed by atoms with Gasteiger partial charge in [-0.15, -0.1) is 0 Å². The van der Waals surface area contributed by atoms with Crippen LogP contribution in [0.5, 0.6) is 5.75 Å². The lowest BCUT2D eigenvalue weighted by atomic mass is 9.97. The molecule has 1 N–H and O–H groups in total. The quantitative estimate of drug-likeness (QED) is 0.580. The Kier molecular flexibility index (Phi) is 5.69. The first-order valence-electron chi connectivity index (χ1n) is 8.71. The van der Waals surface area contributed by atoms with Crippen molar-refractivity contribution < 1.29 is 9.53 Å². The zero-order chi connectivity index (χ0) is 18.4. The van der Waals surface area contributed by atoms with E-state index < -0.39 is 0 Å². The van der Waals surface area contributed by atoms with Crippen LogP contribution in [0.4, 0.5) is 5.69 Å². The standard InChI is InChI=1S/C23H23NO2/c1-17-8-12-20(13-9-17)24-22(18-10-14-21(26-2)15-11-18)16-23(25)19-6-4-3-5-7-19/h3-15,22,24H,16H2,1-2H3. The number of rotatable bonds is 7. The molecule has 0 bridgehead atoms. The molecule has 0 heterocycles. The molecule has 3 nitrogen and oxygen atoms in total. The van der Waals surface area contributed by atoms with Gasteiger partial charge in [-0.3, -0.25) is 4.79 Å². The second-order valence-corrected chi connectivity index (χ2v) is 6.33. The number of anilines is 1. The molecular weight excluding hydrogens is 322 g/mol. The van der Waals surface area contributed by atoms with Crippen molar-refractivity contribution in [3.63, 3.8) is 0 Å². The van der Waals surface area contributed by atoms with E-state index in [1.807, 2.05) is 66.7 Å². The number of nitrogens with one attached hydrogen (secondary N) is 1. The molecule has 0 aromatic heterocycles. The Balaban J connectivity index is 1.84. The predicted molar refractivity (Wildman–Crippen MR) is 106 cm³/mol. The van der Waals surface area contributed by atoms with Gasteiger partial charge in [-0.1, -0.05) is 60.2 Å². The van der Waals surface area contributed by atoms with E-state index in [0.717, 1.165) is 22.6 Å². The molecule has 0 aliphatic heterocycles. The highest BCUT2D eigenvalue weighted by Crippen LogP contribution is 2.26. The van der Waals surface area contributed by atoms with E-state index in [1.54, 1.807) is 7.11 Å². The number of benzene rings is 3. The molecule has 3 heteroatoms. The minimum atomic E-state index is -0.115. The summed E-state index contributed by atoms with van der Waals surface area (Å²) in [6.45, 7) is 2.06. The Morgan fingerprint density at radius 1 is 0.923 bits per heavy atom. The van der Waals surface area contributed by atoms with E-state index >= 15 is 0 Å². The number of methoxy groups -OCH3 is 1. The van der Waals surface area contributed by atoms with E-state index in [0.29, 0.717) is 6.42 Å². The summed E-state index contributed by atoms with van der Waals surface area (Å²) in [5.41, 5.74) is 3.99. The van der Waals surface area contributed by atoms with Crippen molar-refractivity contribution in [1.82, 2.24) is 0 Å². The van der Waals surface area contributed by atoms with Crippen molar-refractivity contribution in [2.24, 2.45) is 0 Å². The molecule has 0 spiro atoms. The summed E-state index contributed by atoms with van der Waals surface area (Å²) in [4.78, 5) is 12.7. The van der Waals surface area contributed by atoms with Crippen molar-refractivity contribution >= 4 is 11.5 Å². The van der Waals surface area contributed by atoms with E-state index in [1.165, 1.54) is 5.56 Å². The largest absolute Gasteiger partial charge is 0.497 e. The van der Waals surface area contributed by atoms with Gasteiger partial charge in [0.1, 0.15) is 5.75 Å². The van der Waals surface area contributed by atoms with Crippen LogP contribution in [0, 0.1) is 6.92 Å². The molecule has 0 amide bonds. The van der Waals surface area contributed by atoms with Gasteiger partial charge in [0.2, 0.25) is 0 Å². The fraction of sp³-hybridized carbons (Fsp3) is 0.174. The Morgan fingerprint density at radius 3 is 2.19 bits per heavy atom. The van der Waals surface area contributed by atoms with Crippen LogP contribution in [-0.4, -0.2) is 12.9 Å².